The molecule has 0 unspecified atom stereocenters. The van der Waals surface area contributed by atoms with Crippen LogP contribution in [0.5, 0.6) is 5.75 Å². The number of halogens is 1. The lowest BCUT2D eigenvalue weighted by molar-refractivity contribution is -0.0320. The zero-order chi connectivity index (χ0) is 16.9. The zero-order valence-electron chi connectivity index (χ0n) is 14.9. The maximum atomic E-state index is 5.85. The number of ether oxygens (including phenoxy) is 3. The minimum Gasteiger partial charge on any atom is -0.492 e. The summed E-state index contributed by atoms with van der Waals surface area (Å²) in [6.07, 6.45) is 3.35. The largest absolute Gasteiger partial charge is 0.492 e. The Bertz CT molecular complexity index is 468. The number of guanidine groups is 1. The summed E-state index contributed by atoms with van der Waals surface area (Å²) in [4.78, 5) is 4.20. The molecule has 142 valence electrons. The van der Waals surface area contributed by atoms with Crippen LogP contribution in [0.15, 0.2) is 35.3 Å². The highest BCUT2D eigenvalue weighted by atomic mass is 127. The zero-order valence-corrected chi connectivity index (χ0v) is 17.2. The molecule has 1 aromatic rings. The Morgan fingerprint density at radius 3 is 2.56 bits per heavy atom. The predicted octanol–water partition coefficient (Wildman–Crippen LogP) is 2.43. The second kappa shape index (κ2) is 14.1. The highest BCUT2D eigenvalue weighted by molar-refractivity contribution is 14.0. The van der Waals surface area contributed by atoms with Gasteiger partial charge < -0.3 is 24.8 Å². The molecule has 1 aliphatic heterocycles. The van der Waals surface area contributed by atoms with Crippen LogP contribution >= 0.6 is 24.0 Å². The second-order valence-corrected chi connectivity index (χ2v) is 5.62. The number of nitrogens with zero attached hydrogens (tertiary/aromatic N) is 1. The number of benzene rings is 1. The van der Waals surface area contributed by atoms with Gasteiger partial charge in [0.05, 0.1) is 12.6 Å². The van der Waals surface area contributed by atoms with Gasteiger partial charge in [0.15, 0.2) is 5.96 Å². The summed E-state index contributed by atoms with van der Waals surface area (Å²) in [5, 5.41) is 6.52. The Labute approximate surface area is 167 Å². The van der Waals surface area contributed by atoms with E-state index in [0.717, 1.165) is 57.3 Å². The minimum atomic E-state index is 0. The standard InChI is InChI=1S/C18H29N3O3.HI/c1-19-18(21-11-15-24-16-6-3-2-4-7-16)20-10-5-12-23-17-8-13-22-14-9-17;/h2-4,6-7,17H,5,8-15H2,1H3,(H2,19,20,21);1H. The van der Waals surface area contributed by atoms with Crippen LogP contribution in [0.25, 0.3) is 0 Å². The maximum absolute atomic E-state index is 5.85. The van der Waals surface area contributed by atoms with Crippen molar-refractivity contribution in [2.24, 2.45) is 4.99 Å². The van der Waals surface area contributed by atoms with Crippen molar-refractivity contribution in [1.82, 2.24) is 10.6 Å². The topological polar surface area (TPSA) is 64.1 Å². The van der Waals surface area contributed by atoms with E-state index < -0.39 is 0 Å². The molecule has 0 bridgehead atoms. The molecular weight excluding hydrogens is 433 g/mol. The van der Waals surface area contributed by atoms with Crippen LogP contribution in [0.1, 0.15) is 19.3 Å². The molecule has 2 N–H and O–H groups in total. The van der Waals surface area contributed by atoms with Crippen molar-refractivity contribution in [3.05, 3.63) is 30.3 Å². The van der Waals surface area contributed by atoms with Gasteiger partial charge in [-0.2, -0.15) is 0 Å². The molecule has 0 atom stereocenters. The fraction of sp³-hybridized carbons (Fsp3) is 0.611. The molecule has 1 aliphatic rings. The second-order valence-electron chi connectivity index (χ2n) is 5.62. The predicted molar refractivity (Wildman–Crippen MR) is 111 cm³/mol. The maximum Gasteiger partial charge on any atom is 0.191 e. The van der Waals surface area contributed by atoms with E-state index in [0.29, 0.717) is 19.3 Å². The van der Waals surface area contributed by atoms with Crippen molar-refractivity contribution < 1.29 is 14.2 Å². The number of hydrogen-bond acceptors (Lipinski definition) is 4. The Morgan fingerprint density at radius 2 is 1.84 bits per heavy atom. The lowest BCUT2D eigenvalue weighted by Crippen LogP contribution is -2.40. The normalized spacial score (nSPS) is 15.3. The highest BCUT2D eigenvalue weighted by Crippen LogP contribution is 2.10. The van der Waals surface area contributed by atoms with E-state index >= 15 is 0 Å². The van der Waals surface area contributed by atoms with Crippen LogP contribution < -0.4 is 15.4 Å². The first-order valence-corrected chi connectivity index (χ1v) is 8.70. The summed E-state index contributed by atoms with van der Waals surface area (Å²) in [5.74, 6) is 1.67. The molecule has 0 aromatic heterocycles. The van der Waals surface area contributed by atoms with E-state index in [9.17, 15) is 0 Å². The van der Waals surface area contributed by atoms with Gasteiger partial charge in [-0.15, -0.1) is 24.0 Å². The van der Waals surface area contributed by atoms with E-state index in [4.69, 9.17) is 14.2 Å². The summed E-state index contributed by atoms with van der Waals surface area (Å²) < 4.78 is 16.8. The van der Waals surface area contributed by atoms with Gasteiger partial charge in [0, 0.05) is 33.4 Å². The van der Waals surface area contributed by atoms with Crippen LogP contribution in [0, 0.1) is 0 Å². The number of rotatable bonds is 9. The van der Waals surface area contributed by atoms with Gasteiger partial charge in [0.2, 0.25) is 0 Å². The van der Waals surface area contributed by atoms with Gasteiger partial charge in [-0.1, -0.05) is 18.2 Å². The average molecular weight is 463 g/mol. The van der Waals surface area contributed by atoms with E-state index in [2.05, 4.69) is 15.6 Å². The molecule has 1 heterocycles. The van der Waals surface area contributed by atoms with Crippen LogP contribution in [0.2, 0.25) is 0 Å². The van der Waals surface area contributed by atoms with E-state index in [1.807, 2.05) is 30.3 Å². The molecular formula is C18H30IN3O3. The Kier molecular flexibility index (Phi) is 12.4. The number of hydrogen-bond donors (Lipinski definition) is 2. The van der Waals surface area contributed by atoms with Crippen LogP contribution in [-0.2, 0) is 9.47 Å². The SMILES string of the molecule is CN=C(NCCCOC1CCOCC1)NCCOc1ccccc1.I. The van der Waals surface area contributed by atoms with Gasteiger partial charge in [-0.3, -0.25) is 4.99 Å². The third kappa shape index (κ3) is 9.86. The number of nitrogens with one attached hydrogen (secondary N) is 2. The molecule has 0 aliphatic carbocycles. The molecule has 25 heavy (non-hydrogen) atoms. The molecule has 0 saturated carbocycles. The lowest BCUT2D eigenvalue weighted by Gasteiger charge is -2.22. The van der Waals surface area contributed by atoms with Crippen LogP contribution in [0.3, 0.4) is 0 Å². The number of aliphatic imine (C=N–C) groups is 1. The van der Waals surface area contributed by atoms with E-state index in [-0.39, 0.29) is 24.0 Å². The molecule has 0 spiro atoms. The Morgan fingerprint density at radius 1 is 1.12 bits per heavy atom. The molecule has 0 amide bonds. The lowest BCUT2D eigenvalue weighted by atomic mass is 10.1. The quantitative estimate of drug-likeness (QED) is 0.255. The fourth-order valence-electron chi connectivity index (χ4n) is 2.45. The van der Waals surface area contributed by atoms with E-state index in [1.54, 1.807) is 7.05 Å². The monoisotopic (exact) mass is 463 g/mol. The van der Waals surface area contributed by atoms with Crippen LogP contribution in [0.4, 0.5) is 0 Å². The van der Waals surface area contributed by atoms with Crippen molar-refractivity contribution in [1.29, 1.82) is 0 Å². The van der Waals surface area contributed by atoms with Gasteiger partial charge in [-0.05, 0) is 31.4 Å². The summed E-state index contributed by atoms with van der Waals surface area (Å²) >= 11 is 0. The summed E-state index contributed by atoms with van der Waals surface area (Å²) in [5.41, 5.74) is 0. The van der Waals surface area contributed by atoms with Crippen molar-refractivity contribution in [2.45, 2.75) is 25.4 Å². The van der Waals surface area contributed by atoms with Gasteiger partial charge in [0.25, 0.3) is 0 Å². The number of para-hydroxylation sites is 1. The van der Waals surface area contributed by atoms with Gasteiger partial charge >= 0.3 is 0 Å². The highest BCUT2D eigenvalue weighted by Gasteiger charge is 2.13. The summed E-state index contributed by atoms with van der Waals surface area (Å²) in [6, 6.07) is 9.80. The first-order chi connectivity index (χ1) is 11.9. The third-order valence-corrected chi connectivity index (χ3v) is 3.77. The van der Waals surface area contributed by atoms with Crippen LogP contribution in [-0.4, -0.2) is 58.6 Å². The molecule has 1 saturated heterocycles. The molecule has 0 radical (unpaired) electrons. The fourth-order valence-corrected chi connectivity index (χ4v) is 2.45. The molecule has 2 rings (SSSR count). The van der Waals surface area contributed by atoms with Crippen molar-refractivity contribution in [3.8, 4) is 5.75 Å². The Hall–Kier alpha value is -1.06. The smallest absolute Gasteiger partial charge is 0.191 e. The third-order valence-electron chi connectivity index (χ3n) is 3.77. The summed E-state index contributed by atoms with van der Waals surface area (Å²) in [6.45, 7) is 4.55. The summed E-state index contributed by atoms with van der Waals surface area (Å²) in [7, 11) is 1.77. The van der Waals surface area contributed by atoms with Crippen molar-refractivity contribution >= 4 is 29.9 Å². The van der Waals surface area contributed by atoms with Crippen molar-refractivity contribution in [2.75, 3.05) is 46.6 Å². The van der Waals surface area contributed by atoms with Gasteiger partial charge in [0.1, 0.15) is 12.4 Å². The molecule has 1 fully saturated rings. The van der Waals surface area contributed by atoms with Crippen molar-refractivity contribution in [3.63, 3.8) is 0 Å². The van der Waals surface area contributed by atoms with Gasteiger partial charge in [-0.25, -0.2) is 0 Å². The Balaban J connectivity index is 0.00000312. The molecule has 6 nitrogen and oxygen atoms in total. The first-order valence-electron chi connectivity index (χ1n) is 8.70. The molecule has 1 aromatic carbocycles. The first kappa shape index (κ1) is 22.0. The minimum absolute atomic E-state index is 0. The van der Waals surface area contributed by atoms with E-state index in [1.165, 1.54) is 0 Å². The molecule has 7 heteroatoms. The average Bonchev–Trinajstić information content (AvgIpc) is 2.65.